The first-order valence-corrected chi connectivity index (χ1v) is 18.1. The Bertz CT molecular complexity index is 1360. The van der Waals surface area contributed by atoms with Crippen LogP contribution >= 0.6 is 0 Å². The largest absolute Gasteiger partial charge is 0.457 e. The summed E-state index contributed by atoms with van der Waals surface area (Å²) in [6.07, 6.45) is -0.0661. The minimum atomic E-state index is -1.90. The number of hydrogen-bond donors (Lipinski definition) is 6. The number of aliphatic hydroxyl groups excluding tert-OH is 4. The third-order valence-electron chi connectivity index (χ3n) is 15.2. The molecule has 11 heteroatoms. The fourth-order valence-corrected chi connectivity index (χ4v) is 13.0. The van der Waals surface area contributed by atoms with E-state index < -0.39 is 71.1 Å². The van der Waals surface area contributed by atoms with E-state index in [4.69, 9.17) is 18.9 Å². The van der Waals surface area contributed by atoms with Gasteiger partial charge in [-0.05, 0) is 92.3 Å². The average molecular weight is 679 g/mol. The van der Waals surface area contributed by atoms with Crippen LogP contribution in [0.4, 0.5) is 0 Å². The summed E-state index contributed by atoms with van der Waals surface area (Å²) in [6, 6.07) is 0. The summed E-state index contributed by atoms with van der Waals surface area (Å²) < 4.78 is 24.2. The fraction of sp³-hybridized carbons (Fsp3) is 0.919. The summed E-state index contributed by atoms with van der Waals surface area (Å²) in [7, 11) is 0. The van der Waals surface area contributed by atoms with Crippen molar-refractivity contribution < 1.29 is 54.4 Å². The monoisotopic (exact) mass is 678 g/mol. The van der Waals surface area contributed by atoms with E-state index in [9.17, 15) is 35.4 Å². The number of carbonyl (C=O) groups excluding carboxylic acids is 1. The molecule has 0 radical (unpaired) electrons. The van der Waals surface area contributed by atoms with Crippen LogP contribution in [0.1, 0.15) is 100 Å². The number of allylic oxidation sites excluding steroid dienone is 1. The van der Waals surface area contributed by atoms with Gasteiger partial charge in [0.1, 0.15) is 30.5 Å². The van der Waals surface area contributed by atoms with Gasteiger partial charge >= 0.3 is 5.97 Å². The van der Waals surface area contributed by atoms with Crippen molar-refractivity contribution >= 4 is 5.97 Å². The second-order valence-corrected chi connectivity index (χ2v) is 18.4. The predicted molar refractivity (Wildman–Crippen MR) is 172 cm³/mol. The van der Waals surface area contributed by atoms with Crippen molar-refractivity contribution in [3.8, 4) is 0 Å². The molecular formula is C37H58O11. The van der Waals surface area contributed by atoms with Crippen LogP contribution in [0.5, 0.6) is 0 Å². The third kappa shape index (κ3) is 4.35. The van der Waals surface area contributed by atoms with E-state index in [-0.39, 0.29) is 46.7 Å². The molecule has 11 nitrogen and oxygen atoms in total. The van der Waals surface area contributed by atoms with Gasteiger partial charge in [0, 0.05) is 18.3 Å². The molecule has 6 N–H and O–H groups in total. The van der Waals surface area contributed by atoms with Gasteiger partial charge in [0.05, 0.1) is 18.3 Å². The van der Waals surface area contributed by atoms with Gasteiger partial charge in [-0.15, -0.1) is 0 Å². The Morgan fingerprint density at radius 3 is 2.40 bits per heavy atom. The highest BCUT2D eigenvalue weighted by Gasteiger charge is 2.85. The van der Waals surface area contributed by atoms with Crippen LogP contribution in [-0.2, 0) is 23.7 Å². The van der Waals surface area contributed by atoms with Crippen LogP contribution in [0, 0.1) is 44.8 Å². The van der Waals surface area contributed by atoms with Gasteiger partial charge in [0.15, 0.2) is 18.2 Å². The maximum atomic E-state index is 12.6. The van der Waals surface area contributed by atoms with E-state index in [0.717, 1.165) is 38.5 Å². The fourth-order valence-electron chi connectivity index (χ4n) is 13.0. The lowest BCUT2D eigenvalue weighted by Gasteiger charge is -2.60. The molecule has 0 aromatic heterocycles. The van der Waals surface area contributed by atoms with Gasteiger partial charge in [0.25, 0.3) is 0 Å². The Labute approximate surface area is 284 Å². The zero-order valence-electron chi connectivity index (χ0n) is 29.8. The zero-order chi connectivity index (χ0) is 35.2. The summed E-state index contributed by atoms with van der Waals surface area (Å²) >= 11 is 0. The quantitative estimate of drug-likeness (QED) is 0.186. The van der Waals surface area contributed by atoms with Crippen LogP contribution in [0.3, 0.4) is 0 Å². The molecule has 2 saturated heterocycles. The maximum absolute atomic E-state index is 12.6. The molecule has 6 fully saturated rings. The van der Waals surface area contributed by atoms with E-state index >= 15 is 0 Å². The van der Waals surface area contributed by atoms with Gasteiger partial charge < -0.3 is 49.6 Å². The van der Waals surface area contributed by atoms with E-state index in [1.54, 1.807) is 13.8 Å². The molecule has 0 amide bonds. The van der Waals surface area contributed by atoms with Gasteiger partial charge in [0.2, 0.25) is 0 Å². The summed E-state index contributed by atoms with van der Waals surface area (Å²) in [5.74, 6) is -2.63. The molecule has 0 bridgehead atoms. The molecule has 7 rings (SSSR count). The molecule has 7 aliphatic rings. The van der Waals surface area contributed by atoms with Crippen molar-refractivity contribution in [2.24, 2.45) is 44.8 Å². The van der Waals surface area contributed by atoms with Crippen LogP contribution < -0.4 is 0 Å². The van der Waals surface area contributed by atoms with E-state index in [2.05, 4.69) is 40.7 Å². The predicted octanol–water partition coefficient (Wildman–Crippen LogP) is 2.57. The lowest BCUT2D eigenvalue weighted by molar-refractivity contribution is -0.341. The molecule has 2 heterocycles. The number of hydrogen-bond acceptors (Lipinski definition) is 11. The minimum absolute atomic E-state index is 0.0129. The number of aliphatic hydroxyl groups is 6. The molecule has 5 aliphatic carbocycles. The van der Waals surface area contributed by atoms with Gasteiger partial charge in [-0.1, -0.05) is 46.3 Å². The Morgan fingerprint density at radius 1 is 1.06 bits per heavy atom. The Kier molecular flexibility index (Phi) is 7.86. The standard InChI is InChI=1S/C37H58O11/c1-18-15-21(28(32(5,6)43)46-19(2)38)48-37(44)27(18)33(7)13-14-36-17-35(36)12-11-24(47-29-26(41)25(40)20(39)16-45-29)31(3,4)22(35)9-10-23(36)34(33,8)30(37)42/h10,18,20-22,24-30,39-44H,9,11-17H2,1-8H3/t18-,20+,21-,22?,24+,25+,26-,27-,28+,29+,30-,33-,34-,35-,36+,37-/m1/s1. The molecule has 4 saturated carbocycles. The first kappa shape index (κ1) is 35.3. The zero-order valence-corrected chi connectivity index (χ0v) is 29.8. The normalized spacial score (nSPS) is 54.4. The lowest BCUT2D eigenvalue weighted by Crippen LogP contribution is -2.61. The summed E-state index contributed by atoms with van der Waals surface area (Å²) in [6.45, 7) is 15.2. The summed E-state index contributed by atoms with van der Waals surface area (Å²) in [5.41, 5.74) is -1.83. The smallest absolute Gasteiger partial charge is 0.303 e. The molecular weight excluding hydrogens is 620 g/mol. The second kappa shape index (κ2) is 10.7. The molecule has 2 spiro atoms. The topological polar surface area (TPSA) is 175 Å². The third-order valence-corrected chi connectivity index (χ3v) is 15.2. The minimum Gasteiger partial charge on any atom is -0.457 e. The van der Waals surface area contributed by atoms with Crippen molar-refractivity contribution in [2.45, 2.75) is 161 Å². The van der Waals surface area contributed by atoms with Gasteiger partial charge in [-0.2, -0.15) is 0 Å². The molecule has 16 atom stereocenters. The Morgan fingerprint density at radius 2 is 1.75 bits per heavy atom. The number of rotatable bonds is 5. The van der Waals surface area contributed by atoms with Crippen molar-refractivity contribution in [3.05, 3.63) is 11.6 Å². The number of fused-ring (bicyclic) bond motifs is 4. The van der Waals surface area contributed by atoms with E-state index in [1.807, 2.05) is 0 Å². The van der Waals surface area contributed by atoms with E-state index in [0.29, 0.717) is 6.42 Å². The molecule has 1 unspecified atom stereocenters. The van der Waals surface area contributed by atoms with Crippen LogP contribution in [0.2, 0.25) is 0 Å². The van der Waals surface area contributed by atoms with Crippen LogP contribution in [0.25, 0.3) is 0 Å². The van der Waals surface area contributed by atoms with Crippen molar-refractivity contribution in [1.29, 1.82) is 0 Å². The first-order valence-electron chi connectivity index (χ1n) is 18.1. The van der Waals surface area contributed by atoms with Crippen molar-refractivity contribution in [1.82, 2.24) is 0 Å². The Balaban J connectivity index is 1.20. The lowest BCUT2D eigenvalue weighted by atomic mass is 9.44. The van der Waals surface area contributed by atoms with Crippen LogP contribution in [-0.4, -0.2) is 104 Å². The highest BCUT2D eigenvalue weighted by molar-refractivity contribution is 5.66. The van der Waals surface area contributed by atoms with E-state index in [1.165, 1.54) is 12.5 Å². The number of esters is 1. The second-order valence-electron chi connectivity index (χ2n) is 18.4. The molecule has 0 aromatic rings. The Hall–Kier alpha value is -1.15. The summed E-state index contributed by atoms with van der Waals surface area (Å²) in [5, 5.41) is 66.9. The highest BCUT2D eigenvalue weighted by Crippen LogP contribution is 2.88. The maximum Gasteiger partial charge on any atom is 0.303 e. The molecule has 0 aromatic carbocycles. The van der Waals surface area contributed by atoms with Gasteiger partial charge in [-0.25, -0.2) is 0 Å². The number of ether oxygens (including phenoxy) is 4. The van der Waals surface area contributed by atoms with Gasteiger partial charge in [-0.3, -0.25) is 4.79 Å². The van der Waals surface area contributed by atoms with Crippen LogP contribution in [0.15, 0.2) is 11.6 Å². The van der Waals surface area contributed by atoms with Crippen molar-refractivity contribution in [3.63, 3.8) is 0 Å². The molecule has 2 aliphatic heterocycles. The SMILES string of the molecule is CC(=O)O[C@@H]([C@H]1C[C@@H](C)[C@H]2[C@@](O)(O1)[C@H](O)[C@@]1(C)C3=CCC4C(C)(C)[C@@H](O[C@@H]5OC[C@H](O)[C@H](O)[C@H]5O)CC[C@@]45C[C@@]35CC[C@]21C)C(C)(C)O. The number of carbonyl (C=O) groups is 1. The molecule has 272 valence electrons. The van der Waals surface area contributed by atoms with Crippen molar-refractivity contribution in [2.75, 3.05) is 6.61 Å². The first-order chi connectivity index (χ1) is 22.1. The average Bonchev–Trinajstić information content (AvgIpc) is 3.62. The molecule has 48 heavy (non-hydrogen) atoms. The highest BCUT2D eigenvalue weighted by atomic mass is 16.7. The summed E-state index contributed by atoms with van der Waals surface area (Å²) in [4.78, 5) is 12.1.